The number of halogens is 2. The summed E-state index contributed by atoms with van der Waals surface area (Å²) in [6, 6.07) is 8.79. The van der Waals surface area contributed by atoms with Crippen LogP contribution in [0.5, 0.6) is 5.75 Å². The predicted molar refractivity (Wildman–Crippen MR) is 116 cm³/mol. The molecule has 146 valence electrons. The van der Waals surface area contributed by atoms with Crippen LogP contribution in [0.15, 0.2) is 40.8 Å². The van der Waals surface area contributed by atoms with E-state index in [1.54, 1.807) is 18.2 Å². The third kappa shape index (κ3) is 4.18. The second kappa shape index (κ2) is 8.29. The van der Waals surface area contributed by atoms with Gasteiger partial charge in [-0.2, -0.15) is 0 Å². The highest BCUT2D eigenvalue weighted by molar-refractivity contribution is 6.35. The first-order valence-corrected chi connectivity index (χ1v) is 9.67. The van der Waals surface area contributed by atoms with Gasteiger partial charge in [0.05, 0.1) is 17.3 Å². The van der Waals surface area contributed by atoms with Crippen molar-refractivity contribution in [2.45, 2.75) is 27.7 Å². The Morgan fingerprint density at radius 3 is 2.68 bits per heavy atom. The van der Waals surface area contributed by atoms with Crippen LogP contribution in [-0.4, -0.2) is 12.5 Å². The molecule has 0 fully saturated rings. The summed E-state index contributed by atoms with van der Waals surface area (Å²) in [5, 5.41) is 4.68. The molecule has 4 nitrogen and oxygen atoms in total. The number of allylic oxidation sites excluding steroid dienone is 1. The van der Waals surface area contributed by atoms with E-state index in [2.05, 4.69) is 5.32 Å². The van der Waals surface area contributed by atoms with Gasteiger partial charge in [0.1, 0.15) is 17.1 Å². The Hall–Kier alpha value is -2.43. The lowest BCUT2D eigenvalue weighted by atomic mass is 10.0. The second-order valence-electron chi connectivity index (χ2n) is 6.50. The maximum absolute atomic E-state index is 12.5. The zero-order chi connectivity index (χ0) is 20.4. The van der Waals surface area contributed by atoms with Crippen LogP contribution >= 0.6 is 23.2 Å². The van der Waals surface area contributed by atoms with Crippen LogP contribution in [0.25, 0.3) is 16.5 Å². The first kappa shape index (κ1) is 20.3. The number of furan rings is 1. The number of amides is 1. The van der Waals surface area contributed by atoms with Gasteiger partial charge in [-0.3, -0.25) is 4.79 Å². The van der Waals surface area contributed by atoms with E-state index in [1.807, 2.05) is 39.8 Å². The van der Waals surface area contributed by atoms with Crippen LogP contribution in [-0.2, 0) is 4.79 Å². The molecule has 3 aromatic rings. The maximum Gasteiger partial charge on any atom is 0.248 e. The van der Waals surface area contributed by atoms with E-state index in [0.717, 1.165) is 33.4 Å². The molecule has 0 aliphatic carbocycles. The van der Waals surface area contributed by atoms with Crippen molar-refractivity contribution in [3.8, 4) is 5.75 Å². The minimum absolute atomic E-state index is 0.302. The number of nitrogens with one attached hydrogen (secondary N) is 1. The van der Waals surface area contributed by atoms with Crippen molar-refractivity contribution in [1.29, 1.82) is 0 Å². The topological polar surface area (TPSA) is 51.5 Å². The summed E-state index contributed by atoms with van der Waals surface area (Å²) in [5.41, 5.74) is 3.90. The first-order valence-electron chi connectivity index (χ1n) is 8.91. The summed E-state index contributed by atoms with van der Waals surface area (Å²) in [6.07, 6.45) is 1.52. The summed E-state index contributed by atoms with van der Waals surface area (Å²) in [5.74, 6) is 1.24. The van der Waals surface area contributed by atoms with Gasteiger partial charge in [0.25, 0.3) is 0 Å². The molecule has 1 aromatic heterocycles. The maximum atomic E-state index is 12.5. The molecule has 0 spiro atoms. The molecule has 0 saturated carbocycles. The van der Waals surface area contributed by atoms with Crippen LogP contribution in [0.4, 0.5) is 5.69 Å². The number of fused-ring (bicyclic) bond motifs is 1. The van der Waals surface area contributed by atoms with Gasteiger partial charge in [-0.1, -0.05) is 23.2 Å². The van der Waals surface area contributed by atoms with Gasteiger partial charge in [0.15, 0.2) is 0 Å². The third-order valence-corrected chi connectivity index (χ3v) is 5.10. The Balaban J connectivity index is 1.97. The van der Waals surface area contributed by atoms with Crippen LogP contribution < -0.4 is 10.1 Å². The number of carbonyl (C=O) groups is 1. The molecular formula is C22H21Cl2NO3. The van der Waals surface area contributed by atoms with E-state index in [9.17, 15) is 4.79 Å². The monoisotopic (exact) mass is 417 g/mol. The standard InChI is InChI=1S/C22H21Cl2NO3/c1-5-27-20-11-21-17(13(3)14(4)28-21)10-16(20)12(2)8-22(26)25-19-9-15(23)6-7-18(19)24/h6-11H,5H2,1-4H3,(H,25,26)/b12-8+. The molecule has 0 unspecified atom stereocenters. The molecule has 2 aromatic carbocycles. The molecule has 0 aliphatic rings. The Bertz CT molecular complexity index is 1080. The Morgan fingerprint density at radius 2 is 1.96 bits per heavy atom. The van der Waals surface area contributed by atoms with E-state index in [1.165, 1.54) is 6.08 Å². The number of aryl methyl sites for hydroxylation is 2. The molecule has 0 aliphatic heterocycles. The van der Waals surface area contributed by atoms with Crippen molar-refractivity contribution in [3.05, 3.63) is 63.3 Å². The minimum atomic E-state index is -0.302. The summed E-state index contributed by atoms with van der Waals surface area (Å²) in [7, 11) is 0. The zero-order valence-corrected chi connectivity index (χ0v) is 17.7. The molecular weight excluding hydrogens is 397 g/mol. The molecule has 3 rings (SSSR count). The molecule has 0 bridgehead atoms. The largest absolute Gasteiger partial charge is 0.493 e. The van der Waals surface area contributed by atoms with Gasteiger partial charge in [-0.25, -0.2) is 0 Å². The van der Waals surface area contributed by atoms with Crippen LogP contribution in [0.1, 0.15) is 30.7 Å². The lowest BCUT2D eigenvalue weighted by Crippen LogP contribution is -2.09. The third-order valence-electron chi connectivity index (χ3n) is 4.54. The van der Waals surface area contributed by atoms with Crippen LogP contribution in [0, 0.1) is 13.8 Å². The van der Waals surface area contributed by atoms with Gasteiger partial charge < -0.3 is 14.5 Å². The van der Waals surface area contributed by atoms with Crippen molar-refractivity contribution in [2.24, 2.45) is 0 Å². The van der Waals surface area contributed by atoms with Crippen molar-refractivity contribution >= 4 is 51.3 Å². The summed E-state index contributed by atoms with van der Waals surface area (Å²) < 4.78 is 11.6. The van der Waals surface area contributed by atoms with Gasteiger partial charge >= 0.3 is 0 Å². The van der Waals surface area contributed by atoms with Gasteiger partial charge in [0, 0.05) is 28.1 Å². The molecule has 1 N–H and O–H groups in total. The second-order valence-corrected chi connectivity index (χ2v) is 7.35. The molecule has 0 saturated heterocycles. The number of carbonyl (C=O) groups excluding carboxylic acids is 1. The van der Waals surface area contributed by atoms with E-state index in [-0.39, 0.29) is 5.91 Å². The summed E-state index contributed by atoms with van der Waals surface area (Å²) >= 11 is 12.1. The van der Waals surface area contributed by atoms with Crippen molar-refractivity contribution < 1.29 is 13.9 Å². The Labute approximate surface area is 174 Å². The molecule has 28 heavy (non-hydrogen) atoms. The van der Waals surface area contributed by atoms with E-state index >= 15 is 0 Å². The van der Waals surface area contributed by atoms with E-state index < -0.39 is 0 Å². The average Bonchev–Trinajstić information content (AvgIpc) is 2.91. The highest BCUT2D eigenvalue weighted by Gasteiger charge is 2.15. The molecule has 0 radical (unpaired) electrons. The number of benzene rings is 2. The number of anilines is 1. The van der Waals surface area contributed by atoms with Gasteiger partial charge in [-0.05, 0) is 63.1 Å². The smallest absolute Gasteiger partial charge is 0.248 e. The summed E-state index contributed by atoms with van der Waals surface area (Å²) in [6.45, 7) is 8.23. The fourth-order valence-corrected chi connectivity index (χ4v) is 3.33. The minimum Gasteiger partial charge on any atom is -0.493 e. The highest BCUT2D eigenvalue weighted by atomic mass is 35.5. The fraction of sp³-hybridized carbons (Fsp3) is 0.227. The number of rotatable bonds is 5. The zero-order valence-electron chi connectivity index (χ0n) is 16.2. The fourth-order valence-electron chi connectivity index (χ4n) is 2.99. The number of ether oxygens (including phenoxy) is 1. The molecule has 1 amide bonds. The van der Waals surface area contributed by atoms with Crippen molar-refractivity contribution in [3.63, 3.8) is 0 Å². The SMILES string of the molecule is CCOc1cc2oc(C)c(C)c2cc1/C(C)=C/C(=O)Nc1cc(Cl)ccc1Cl. The normalized spacial score (nSPS) is 11.7. The lowest BCUT2D eigenvalue weighted by molar-refractivity contribution is -0.111. The number of hydrogen-bond donors (Lipinski definition) is 1. The highest BCUT2D eigenvalue weighted by Crippen LogP contribution is 2.35. The first-order chi connectivity index (χ1) is 13.3. The molecule has 1 heterocycles. The Morgan fingerprint density at radius 1 is 1.21 bits per heavy atom. The summed E-state index contributed by atoms with van der Waals surface area (Å²) in [4.78, 5) is 12.5. The number of hydrogen-bond acceptors (Lipinski definition) is 3. The van der Waals surface area contributed by atoms with E-state index in [4.69, 9.17) is 32.4 Å². The molecule has 0 atom stereocenters. The average molecular weight is 418 g/mol. The van der Waals surface area contributed by atoms with Crippen molar-refractivity contribution in [1.82, 2.24) is 0 Å². The lowest BCUT2D eigenvalue weighted by Gasteiger charge is -2.12. The predicted octanol–water partition coefficient (Wildman–Crippen LogP) is 6.80. The van der Waals surface area contributed by atoms with E-state index in [0.29, 0.717) is 28.1 Å². The van der Waals surface area contributed by atoms with Crippen LogP contribution in [0.2, 0.25) is 10.0 Å². The Kier molecular flexibility index (Phi) is 6.01. The quantitative estimate of drug-likeness (QED) is 0.464. The molecule has 6 heteroatoms. The van der Waals surface area contributed by atoms with Gasteiger partial charge in [-0.15, -0.1) is 0 Å². The van der Waals surface area contributed by atoms with Crippen LogP contribution in [0.3, 0.4) is 0 Å². The van der Waals surface area contributed by atoms with Gasteiger partial charge in [0.2, 0.25) is 5.91 Å². The van der Waals surface area contributed by atoms with Crippen molar-refractivity contribution in [2.75, 3.05) is 11.9 Å².